The molecule has 0 spiro atoms. The third kappa shape index (κ3) is 2.28. The monoisotopic (exact) mass is 340 g/mol. The first-order valence-electron chi connectivity index (χ1n) is 8.33. The minimum absolute atomic E-state index is 0.102. The van der Waals surface area contributed by atoms with Gasteiger partial charge in [-0.3, -0.25) is 4.79 Å². The second kappa shape index (κ2) is 6.09. The van der Waals surface area contributed by atoms with E-state index in [1.807, 2.05) is 42.5 Å². The highest BCUT2D eigenvalue weighted by atomic mass is 16.3. The fourth-order valence-corrected chi connectivity index (χ4v) is 3.83. The lowest BCUT2D eigenvalue weighted by Gasteiger charge is -2.32. The zero-order valence-electron chi connectivity index (χ0n) is 13.9. The zero-order valence-corrected chi connectivity index (χ0v) is 13.9. The third-order valence-electron chi connectivity index (χ3n) is 4.95. The number of fused-ring (bicyclic) bond motifs is 2. The number of ketones is 1. The molecule has 3 aromatic carbocycles. The van der Waals surface area contributed by atoms with E-state index in [-0.39, 0.29) is 40.2 Å². The van der Waals surface area contributed by atoms with Gasteiger partial charge in [-0.05, 0) is 28.8 Å². The van der Waals surface area contributed by atoms with Gasteiger partial charge in [-0.1, -0.05) is 60.5 Å². The Morgan fingerprint density at radius 3 is 1.85 bits per heavy atom. The molecule has 1 atom stereocenters. The number of phenolic OH excluding ortho intramolecular Hbond substituents is 2. The average molecular weight is 340 g/mol. The number of carbonyl (C=O) groups excluding carboxylic acids is 1. The van der Waals surface area contributed by atoms with Crippen LogP contribution in [0.2, 0.25) is 0 Å². The molecule has 2 N–H and O–H groups in total. The van der Waals surface area contributed by atoms with E-state index in [2.05, 4.69) is 5.92 Å². The van der Waals surface area contributed by atoms with Gasteiger partial charge < -0.3 is 10.2 Å². The molecule has 0 aliphatic heterocycles. The van der Waals surface area contributed by atoms with Crippen molar-refractivity contribution < 1.29 is 15.0 Å². The van der Waals surface area contributed by atoms with Crippen molar-refractivity contribution in [2.75, 3.05) is 0 Å². The van der Waals surface area contributed by atoms with Crippen LogP contribution in [0.4, 0.5) is 0 Å². The van der Waals surface area contributed by atoms with Crippen LogP contribution in [0.15, 0.2) is 66.7 Å². The van der Waals surface area contributed by atoms with Crippen molar-refractivity contribution in [2.45, 2.75) is 11.8 Å². The molecule has 126 valence electrons. The van der Waals surface area contributed by atoms with Crippen LogP contribution in [-0.2, 0) is 0 Å². The Balaban J connectivity index is 2.03. The van der Waals surface area contributed by atoms with Gasteiger partial charge in [0.25, 0.3) is 0 Å². The van der Waals surface area contributed by atoms with Crippen molar-refractivity contribution >= 4 is 5.78 Å². The maximum atomic E-state index is 13.0. The molecular formula is C23H16O3. The third-order valence-corrected chi connectivity index (χ3v) is 4.95. The van der Waals surface area contributed by atoms with E-state index in [0.717, 1.165) is 5.56 Å². The lowest BCUT2D eigenvalue weighted by atomic mass is 9.69. The molecule has 3 heteroatoms. The van der Waals surface area contributed by atoms with Crippen molar-refractivity contribution in [3.63, 3.8) is 0 Å². The topological polar surface area (TPSA) is 57.5 Å². The molecule has 4 rings (SSSR count). The SMILES string of the molecule is C#C[C@H](c1ccccc1)C1c2cccc(O)c2C(=O)c2c(O)cccc21. The Bertz CT molecular complexity index is 989. The van der Waals surface area contributed by atoms with E-state index in [1.54, 1.807) is 12.1 Å². The van der Waals surface area contributed by atoms with Gasteiger partial charge in [-0.2, -0.15) is 0 Å². The van der Waals surface area contributed by atoms with E-state index in [0.29, 0.717) is 11.1 Å². The average Bonchev–Trinajstić information content (AvgIpc) is 2.65. The summed E-state index contributed by atoms with van der Waals surface area (Å²) in [5.74, 6) is 1.58. The van der Waals surface area contributed by atoms with Crippen molar-refractivity contribution in [3.8, 4) is 23.8 Å². The van der Waals surface area contributed by atoms with Crippen molar-refractivity contribution in [2.24, 2.45) is 0 Å². The van der Waals surface area contributed by atoms with Crippen LogP contribution in [0, 0.1) is 12.3 Å². The van der Waals surface area contributed by atoms with Gasteiger partial charge in [0.05, 0.1) is 17.0 Å². The molecule has 0 unspecified atom stereocenters. The second-order valence-electron chi connectivity index (χ2n) is 6.34. The van der Waals surface area contributed by atoms with Gasteiger partial charge >= 0.3 is 0 Å². The predicted molar refractivity (Wildman–Crippen MR) is 99.5 cm³/mol. The number of hydrogen-bond donors (Lipinski definition) is 2. The Morgan fingerprint density at radius 1 is 0.808 bits per heavy atom. The number of aromatic hydroxyl groups is 2. The smallest absolute Gasteiger partial charge is 0.201 e. The maximum absolute atomic E-state index is 13.0. The first kappa shape index (κ1) is 16.0. The van der Waals surface area contributed by atoms with E-state index in [9.17, 15) is 15.0 Å². The second-order valence-corrected chi connectivity index (χ2v) is 6.34. The normalized spacial score (nSPS) is 14.2. The molecule has 0 bridgehead atoms. The summed E-state index contributed by atoms with van der Waals surface area (Å²) in [5, 5.41) is 20.7. The summed E-state index contributed by atoms with van der Waals surface area (Å²) < 4.78 is 0. The fraction of sp³-hybridized carbons (Fsp3) is 0.0870. The summed E-state index contributed by atoms with van der Waals surface area (Å²) in [6, 6.07) is 19.7. The summed E-state index contributed by atoms with van der Waals surface area (Å²) in [4.78, 5) is 13.0. The first-order chi connectivity index (χ1) is 12.6. The Kier molecular flexibility index (Phi) is 3.74. The summed E-state index contributed by atoms with van der Waals surface area (Å²) in [6.07, 6.45) is 5.90. The lowest BCUT2D eigenvalue weighted by Crippen LogP contribution is -2.23. The molecule has 0 amide bonds. The Labute approximate surface area is 151 Å². The molecule has 0 aromatic heterocycles. The molecule has 0 fully saturated rings. The van der Waals surface area contributed by atoms with Crippen molar-refractivity contribution in [1.82, 2.24) is 0 Å². The maximum Gasteiger partial charge on any atom is 0.201 e. The molecule has 3 nitrogen and oxygen atoms in total. The minimum Gasteiger partial charge on any atom is -0.507 e. The predicted octanol–water partition coefficient (Wildman–Crippen LogP) is 4.19. The minimum atomic E-state index is -0.383. The van der Waals surface area contributed by atoms with Crippen LogP contribution in [0.5, 0.6) is 11.5 Å². The quantitative estimate of drug-likeness (QED) is 0.688. The van der Waals surface area contributed by atoms with E-state index < -0.39 is 0 Å². The fourth-order valence-electron chi connectivity index (χ4n) is 3.83. The van der Waals surface area contributed by atoms with Crippen molar-refractivity contribution in [1.29, 1.82) is 0 Å². The zero-order chi connectivity index (χ0) is 18.3. The standard InChI is InChI=1S/C23H16O3/c1-2-15(14-8-4-3-5-9-14)20-16-10-6-12-18(24)21(16)23(26)22-17(20)11-7-13-19(22)25/h1,3-13,15,20,24-25H/t15-/m1/s1. The first-order valence-corrected chi connectivity index (χ1v) is 8.33. The summed E-state index contributed by atoms with van der Waals surface area (Å²) in [7, 11) is 0. The molecule has 1 aliphatic carbocycles. The Hall–Kier alpha value is -3.51. The van der Waals surface area contributed by atoms with Gasteiger partial charge in [0.15, 0.2) is 0 Å². The van der Waals surface area contributed by atoms with Gasteiger partial charge in [0, 0.05) is 5.92 Å². The number of rotatable bonds is 2. The van der Waals surface area contributed by atoms with E-state index in [1.165, 1.54) is 12.1 Å². The highest BCUT2D eigenvalue weighted by molar-refractivity contribution is 6.16. The van der Waals surface area contributed by atoms with Crippen LogP contribution >= 0.6 is 0 Å². The van der Waals surface area contributed by atoms with Crippen molar-refractivity contribution in [3.05, 3.63) is 94.5 Å². The largest absolute Gasteiger partial charge is 0.507 e. The van der Waals surface area contributed by atoms with E-state index in [4.69, 9.17) is 6.42 Å². The van der Waals surface area contributed by atoms with Crippen LogP contribution in [0.25, 0.3) is 0 Å². The molecule has 0 saturated carbocycles. The molecule has 1 aliphatic rings. The van der Waals surface area contributed by atoms with Gasteiger partial charge in [-0.15, -0.1) is 6.42 Å². The number of phenols is 2. The molecular weight excluding hydrogens is 324 g/mol. The Morgan fingerprint density at radius 2 is 1.35 bits per heavy atom. The van der Waals surface area contributed by atoms with Crippen LogP contribution in [0.3, 0.4) is 0 Å². The number of carbonyl (C=O) groups is 1. The highest BCUT2D eigenvalue weighted by Gasteiger charge is 2.38. The van der Waals surface area contributed by atoms with Gasteiger partial charge in [-0.25, -0.2) is 0 Å². The number of terminal acetylenes is 1. The number of hydrogen-bond acceptors (Lipinski definition) is 3. The van der Waals surface area contributed by atoms with Crippen LogP contribution in [0.1, 0.15) is 44.4 Å². The molecule has 0 heterocycles. The number of benzene rings is 3. The summed E-state index contributed by atoms with van der Waals surface area (Å²) in [6.45, 7) is 0. The molecule has 3 aromatic rings. The highest BCUT2D eigenvalue weighted by Crippen LogP contribution is 2.48. The molecule has 26 heavy (non-hydrogen) atoms. The van der Waals surface area contributed by atoms with Crippen LogP contribution in [-0.4, -0.2) is 16.0 Å². The summed E-state index contributed by atoms with van der Waals surface area (Å²) >= 11 is 0. The van der Waals surface area contributed by atoms with Gasteiger partial charge in [0.2, 0.25) is 5.78 Å². The van der Waals surface area contributed by atoms with E-state index >= 15 is 0 Å². The molecule has 0 radical (unpaired) electrons. The summed E-state index contributed by atoms with van der Waals surface area (Å²) in [5.41, 5.74) is 2.73. The van der Waals surface area contributed by atoms with Crippen LogP contribution < -0.4 is 0 Å². The lowest BCUT2D eigenvalue weighted by molar-refractivity contribution is 0.102. The van der Waals surface area contributed by atoms with Gasteiger partial charge in [0.1, 0.15) is 11.5 Å². The molecule has 0 saturated heterocycles.